The summed E-state index contributed by atoms with van der Waals surface area (Å²) in [7, 11) is 3.14. The van der Waals surface area contributed by atoms with Crippen LogP contribution in [0.1, 0.15) is 20.7 Å². The van der Waals surface area contributed by atoms with Crippen LogP contribution in [0.2, 0.25) is 0 Å². The Hall–Kier alpha value is -4.36. The van der Waals surface area contributed by atoms with Crippen LogP contribution in [-0.2, 0) is 0 Å². The molecule has 0 aliphatic rings. The number of carbonyl (C=O) groups excluding carboxylic acids is 2. The number of esters is 2. The maximum Gasteiger partial charge on any atom is 0.343 e. The van der Waals surface area contributed by atoms with E-state index in [2.05, 4.69) is 0 Å². The van der Waals surface area contributed by atoms with Crippen molar-refractivity contribution in [2.75, 3.05) is 14.2 Å². The van der Waals surface area contributed by atoms with Crippen LogP contribution in [0.15, 0.2) is 84.9 Å². The van der Waals surface area contributed by atoms with E-state index in [1.54, 1.807) is 99.1 Å². The van der Waals surface area contributed by atoms with E-state index in [9.17, 15) is 9.59 Å². The van der Waals surface area contributed by atoms with E-state index in [1.807, 2.05) is 0 Å². The van der Waals surface area contributed by atoms with E-state index in [0.29, 0.717) is 34.1 Å². The molecular weight excluding hydrogens is 424 g/mol. The van der Waals surface area contributed by atoms with Crippen LogP contribution in [0.4, 0.5) is 0 Å². The molecule has 0 atom stereocenters. The fourth-order valence-electron chi connectivity index (χ4n) is 3.12. The van der Waals surface area contributed by atoms with Gasteiger partial charge in [0.05, 0.1) is 25.3 Å². The van der Waals surface area contributed by atoms with E-state index in [0.717, 1.165) is 10.8 Å². The third kappa shape index (κ3) is 5.47. The minimum atomic E-state index is -0.472. The molecule has 7 heteroatoms. The molecule has 0 aliphatic heterocycles. The average molecular weight is 446 g/mol. The van der Waals surface area contributed by atoms with Gasteiger partial charge in [0.2, 0.25) is 0 Å². The predicted octanol–water partition coefficient (Wildman–Crippen LogP) is 4.47. The fourth-order valence-corrected chi connectivity index (χ4v) is 3.12. The number of rotatable bonds is 6. The molecule has 4 aromatic rings. The molecule has 0 bridgehead atoms. The number of carbonyl (C=O) groups is 2. The maximum absolute atomic E-state index is 12.5. The Balaban J connectivity index is 0.00000306. The summed E-state index contributed by atoms with van der Waals surface area (Å²) in [5, 5.41) is 1.60. The maximum atomic E-state index is 12.5. The molecule has 0 heterocycles. The molecule has 0 aromatic heterocycles. The van der Waals surface area contributed by atoms with Gasteiger partial charge in [0.25, 0.3) is 0 Å². The van der Waals surface area contributed by atoms with Crippen molar-refractivity contribution in [3.63, 3.8) is 0 Å². The Labute approximate surface area is 190 Å². The van der Waals surface area contributed by atoms with E-state index < -0.39 is 11.9 Å². The first-order valence-corrected chi connectivity index (χ1v) is 9.82. The SMILES string of the molecule is COc1ccc(OC(=O)c2ccc3cc(C(=O)Oc4ccc(OC)cc4)ccc3c2)cc1.O. The van der Waals surface area contributed by atoms with Crippen molar-refractivity contribution in [2.24, 2.45) is 0 Å². The van der Waals surface area contributed by atoms with Gasteiger partial charge < -0.3 is 24.4 Å². The Morgan fingerprint density at radius 1 is 0.515 bits per heavy atom. The van der Waals surface area contributed by atoms with Crippen LogP contribution in [-0.4, -0.2) is 31.6 Å². The van der Waals surface area contributed by atoms with Crippen molar-refractivity contribution in [1.29, 1.82) is 0 Å². The second kappa shape index (κ2) is 10.3. The number of hydrogen-bond acceptors (Lipinski definition) is 6. The highest BCUT2D eigenvalue weighted by molar-refractivity contribution is 5.99. The van der Waals surface area contributed by atoms with Crippen LogP contribution in [0.25, 0.3) is 10.8 Å². The third-order valence-corrected chi connectivity index (χ3v) is 4.85. The summed E-state index contributed by atoms with van der Waals surface area (Å²) in [5.41, 5.74) is 0.809. The standard InChI is InChI=1S/C26H20O6.H2O/c1-29-21-7-11-23(12-8-21)31-25(27)19-5-3-18-16-20(6-4-17(18)15-19)26(28)32-24-13-9-22(30-2)10-14-24;/h3-16H,1-2H3;1H2. The molecule has 0 aliphatic carbocycles. The fraction of sp³-hybridized carbons (Fsp3) is 0.0769. The van der Waals surface area contributed by atoms with Crippen molar-refractivity contribution in [3.8, 4) is 23.0 Å². The lowest BCUT2D eigenvalue weighted by atomic mass is 10.0. The van der Waals surface area contributed by atoms with Gasteiger partial charge in [0.15, 0.2) is 0 Å². The van der Waals surface area contributed by atoms with Gasteiger partial charge in [-0.2, -0.15) is 0 Å². The Bertz CT molecular complexity index is 1160. The molecular formula is C26H22O7. The number of hydrogen-bond donors (Lipinski definition) is 0. The highest BCUT2D eigenvalue weighted by Gasteiger charge is 2.13. The molecule has 0 saturated heterocycles. The van der Waals surface area contributed by atoms with Crippen molar-refractivity contribution in [3.05, 3.63) is 96.1 Å². The molecule has 0 saturated carbocycles. The quantitative estimate of drug-likeness (QED) is 0.320. The predicted molar refractivity (Wildman–Crippen MR) is 123 cm³/mol. The van der Waals surface area contributed by atoms with Gasteiger partial charge in [-0.3, -0.25) is 0 Å². The molecule has 0 unspecified atom stereocenters. The highest BCUT2D eigenvalue weighted by atomic mass is 16.5. The van der Waals surface area contributed by atoms with Gasteiger partial charge in [-0.15, -0.1) is 0 Å². The van der Waals surface area contributed by atoms with Gasteiger partial charge in [-0.25, -0.2) is 9.59 Å². The molecule has 33 heavy (non-hydrogen) atoms. The van der Waals surface area contributed by atoms with Crippen LogP contribution < -0.4 is 18.9 Å². The van der Waals surface area contributed by atoms with Crippen LogP contribution in [0.3, 0.4) is 0 Å². The van der Waals surface area contributed by atoms with Gasteiger partial charge in [-0.1, -0.05) is 12.1 Å². The lowest BCUT2D eigenvalue weighted by Gasteiger charge is -2.08. The lowest BCUT2D eigenvalue weighted by Crippen LogP contribution is -2.09. The van der Waals surface area contributed by atoms with Crippen molar-refractivity contribution in [1.82, 2.24) is 0 Å². The van der Waals surface area contributed by atoms with Gasteiger partial charge >= 0.3 is 11.9 Å². The second-order valence-electron chi connectivity index (χ2n) is 6.91. The molecule has 7 nitrogen and oxygen atoms in total. The number of methoxy groups -OCH3 is 2. The second-order valence-corrected chi connectivity index (χ2v) is 6.91. The number of fused-ring (bicyclic) bond motifs is 1. The number of ether oxygens (including phenoxy) is 4. The number of benzene rings is 4. The lowest BCUT2D eigenvalue weighted by molar-refractivity contribution is 0.0725. The smallest absolute Gasteiger partial charge is 0.343 e. The Morgan fingerprint density at radius 2 is 0.848 bits per heavy atom. The molecule has 0 fully saturated rings. The molecule has 0 spiro atoms. The van der Waals surface area contributed by atoms with Crippen molar-refractivity contribution in [2.45, 2.75) is 0 Å². The zero-order chi connectivity index (χ0) is 22.5. The summed E-state index contributed by atoms with van der Waals surface area (Å²) < 4.78 is 21.0. The summed E-state index contributed by atoms with van der Waals surface area (Å²) in [4.78, 5) is 25.0. The van der Waals surface area contributed by atoms with Crippen LogP contribution in [0.5, 0.6) is 23.0 Å². The van der Waals surface area contributed by atoms with Crippen molar-refractivity contribution < 1.29 is 34.0 Å². The molecule has 4 rings (SSSR count). The van der Waals surface area contributed by atoms with Crippen LogP contribution >= 0.6 is 0 Å². The topological polar surface area (TPSA) is 103 Å². The van der Waals surface area contributed by atoms with E-state index >= 15 is 0 Å². The van der Waals surface area contributed by atoms with Gasteiger partial charge in [0, 0.05) is 0 Å². The molecule has 0 radical (unpaired) electrons. The molecule has 2 N–H and O–H groups in total. The normalized spacial score (nSPS) is 10.1. The largest absolute Gasteiger partial charge is 0.497 e. The Morgan fingerprint density at radius 3 is 1.18 bits per heavy atom. The summed E-state index contributed by atoms with van der Waals surface area (Å²) in [6.07, 6.45) is 0. The molecule has 4 aromatic carbocycles. The summed E-state index contributed by atoms with van der Waals surface area (Å²) in [6, 6.07) is 23.8. The highest BCUT2D eigenvalue weighted by Crippen LogP contribution is 2.23. The zero-order valence-electron chi connectivity index (χ0n) is 18.0. The average Bonchev–Trinajstić information content (AvgIpc) is 2.84. The van der Waals surface area contributed by atoms with E-state index in [-0.39, 0.29) is 5.48 Å². The minimum Gasteiger partial charge on any atom is -0.497 e. The summed E-state index contributed by atoms with van der Waals surface area (Å²) >= 11 is 0. The zero-order valence-corrected chi connectivity index (χ0v) is 18.0. The van der Waals surface area contributed by atoms with Gasteiger partial charge in [0.1, 0.15) is 23.0 Å². The first-order valence-electron chi connectivity index (χ1n) is 9.82. The molecule has 0 amide bonds. The monoisotopic (exact) mass is 446 g/mol. The van der Waals surface area contributed by atoms with E-state index in [1.165, 1.54) is 0 Å². The van der Waals surface area contributed by atoms with E-state index in [4.69, 9.17) is 18.9 Å². The first kappa shape index (κ1) is 23.3. The Kier molecular flexibility index (Phi) is 7.27. The first-order chi connectivity index (χ1) is 15.6. The van der Waals surface area contributed by atoms with Crippen molar-refractivity contribution >= 4 is 22.7 Å². The third-order valence-electron chi connectivity index (χ3n) is 4.85. The van der Waals surface area contributed by atoms with Gasteiger partial charge in [-0.05, 0) is 83.6 Å². The summed E-state index contributed by atoms with van der Waals surface area (Å²) in [6.45, 7) is 0. The molecule has 168 valence electrons. The minimum absolute atomic E-state index is 0. The van der Waals surface area contributed by atoms with Crippen LogP contribution in [0, 0.1) is 0 Å². The summed E-state index contributed by atoms with van der Waals surface area (Å²) in [5.74, 6) is 1.26.